The van der Waals surface area contributed by atoms with Gasteiger partial charge in [-0.1, -0.05) is 42.8 Å². The summed E-state index contributed by atoms with van der Waals surface area (Å²) in [5, 5.41) is 3.17. The minimum Gasteiger partial charge on any atom is -0.487 e. The lowest BCUT2D eigenvalue weighted by molar-refractivity contribution is -0.129. The van der Waals surface area contributed by atoms with Crippen LogP contribution < -0.4 is 14.8 Å². The Morgan fingerprint density at radius 2 is 1.92 bits per heavy atom. The Bertz CT molecular complexity index is 767. The maximum absolute atomic E-state index is 12.9. The number of nitrogens with one attached hydrogen (secondary N) is 1. The van der Waals surface area contributed by atoms with Crippen LogP contribution in [0.4, 0.5) is 0 Å². The van der Waals surface area contributed by atoms with E-state index in [1.54, 1.807) is 0 Å². The number of carbonyl (C=O) groups excluding carboxylic acids is 1. The van der Waals surface area contributed by atoms with E-state index in [9.17, 15) is 4.79 Å². The second-order valence-corrected chi connectivity index (χ2v) is 7.49. The lowest BCUT2D eigenvalue weighted by atomic mass is 9.89. The van der Waals surface area contributed by atoms with Gasteiger partial charge in [0.25, 0.3) is 5.91 Å². The average molecular weight is 353 g/mol. The molecule has 1 N–H and O–H groups in total. The van der Waals surface area contributed by atoms with Crippen LogP contribution in [0.1, 0.15) is 50.8 Å². The highest BCUT2D eigenvalue weighted by atomic mass is 16.5. The molecule has 4 heteroatoms. The van der Waals surface area contributed by atoms with Crippen molar-refractivity contribution in [2.75, 3.05) is 0 Å². The highest BCUT2D eigenvalue weighted by Crippen LogP contribution is 2.39. The first-order valence-electron chi connectivity index (χ1n) is 9.19. The molecule has 26 heavy (non-hydrogen) atoms. The molecule has 0 spiro atoms. The molecule has 3 rings (SSSR count). The van der Waals surface area contributed by atoms with Crippen molar-refractivity contribution in [2.45, 2.75) is 58.3 Å². The third-order valence-corrected chi connectivity index (χ3v) is 4.66. The number of rotatable bonds is 5. The Balaban J connectivity index is 1.74. The average Bonchev–Trinajstić information content (AvgIpc) is 2.60. The van der Waals surface area contributed by atoms with E-state index >= 15 is 0 Å². The summed E-state index contributed by atoms with van der Waals surface area (Å²) in [6, 6.07) is 15.6. The van der Waals surface area contributed by atoms with Crippen LogP contribution in [-0.4, -0.2) is 17.6 Å². The molecule has 0 aliphatic carbocycles. The smallest absolute Gasteiger partial charge is 0.261 e. The number of carbonyl (C=O) groups is 1. The Hall–Kier alpha value is -2.49. The van der Waals surface area contributed by atoms with Crippen molar-refractivity contribution in [3.8, 4) is 11.5 Å². The number of hydrogen-bond donors (Lipinski definition) is 1. The molecule has 138 valence electrons. The van der Waals surface area contributed by atoms with E-state index in [2.05, 4.69) is 5.32 Å². The lowest BCUT2D eigenvalue weighted by Gasteiger charge is -2.38. The standard InChI is InChI=1S/C22H27NO3/c1-5-19(25-16-12-10-15(2)11-13-16)21(24)23-18-14-22(3,4)26-20-9-7-6-8-17(18)20/h6-13,18-19H,5,14H2,1-4H3,(H,23,24)/t18-,19-/m0/s1. The third-order valence-electron chi connectivity index (χ3n) is 4.66. The molecule has 1 aliphatic heterocycles. The topological polar surface area (TPSA) is 47.6 Å². The minimum absolute atomic E-state index is 0.0851. The number of aryl methyl sites for hydroxylation is 1. The summed E-state index contributed by atoms with van der Waals surface area (Å²) in [4.78, 5) is 12.9. The number of ether oxygens (including phenoxy) is 2. The quantitative estimate of drug-likeness (QED) is 0.856. The van der Waals surface area contributed by atoms with Crippen LogP contribution in [0.3, 0.4) is 0 Å². The fraction of sp³-hybridized carbons (Fsp3) is 0.409. The van der Waals surface area contributed by atoms with Crippen molar-refractivity contribution in [2.24, 2.45) is 0 Å². The number of benzene rings is 2. The summed E-state index contributed by atoms with van der Waals surface area (Å²) in [6.45, 7) is 8.07. The minimum atomic E-state index is -0.518. The normalized spacial score (nSPS) is 19.0. The monoisotopic (exact) mass is 353 g/mol. The van der Waals surface area contributed by atoms with Gasteiger partial charge in [-0.25, -0.2) is 0 Å². The lowest BCUT2D eigenvalue weighted by Crippen LogP contribution is -2.45. The number of para-hydroxylation sites is 1. The summed E-state index contributed by atoms with van der Waals surface area (Å²) in [5.41, 5.74) is 1.85. The van der Waals surface area contributed by atoms with Gasteiger partial charge < -0.3 is 14.8 Å². The van der Waals surface area contributed by atoms with Crippen molar-refractivity contribution in [3.63, 3.8) is 0 Å². The molecule has 0 bridgehead atoms. The van der Waals surface area contributed by atoms with Gasteiger partial charge in [0.05, 0.1) is 6.04 Å². The zero-order valence-corrected chi connectivity index (χ0v) is 15.9. The van der Waals surface area contributed by atoms with Gasteiger partial charge in [-0.3, -0.25) is 4.79 Å². The molecule has 0 aromatic heterocycles. The predicted octanol–water partition coefficient (Wildman–Crippen LogP) is 4.57. The highest BCUT2D eigenvalue weighted by Gasteiger charge is 2.35. The van der Waals surface area contributed by atoms with Gasteiger partial charge in [-0.2, -0.15) is 0 Å². The van der Waals surface area contributed by atoms with Gasteiger partial charge in [0.15, 0.2) is 6.10 Å². The van der Waals surface area contributed by atoms with Crippen LogP contribution in [-0.2, 0) is 4.79 Å². The van der Waals surface area contributed by atoms with Crippen LogP contribution in [0, 0.1) is 6.92 Å². The molecule has 2 aromatic carbocycles. The molecule has 2 aromatic rings. The molecule has 2 atom stereocenters. The molecule has 0 saturated carbocycles. The maximum atomic E-state index is 12.9. The van der Waals surface area contributed by atoms with Crippen molar-refractivity contribution in [3.05, 3.63) is 59.7 Å². The van der Waals surface area contributed by atoms with Crippen LogP contribution in [0.5, 0.6) is 11.5 Å². The van der Waals surface area contributed by atoms with Crippen molar-refractivity contribution < 1.29 is 14.3 Å². The van der Waals surface area contributed by atoms with Gasteiger partial charge in [-0.15, -0.1) is 0 Å². The van der Waals surface area contributed by atoms with E-state index in [4.69, 9.17) is 9.47 Å². The zero-order valence-electron chi connectivity index (χ0n) is 15.9. The summed E-state index contributed by atoms with van der Waals surface area (Å²) in [6.07, 6.45) is 0.806. The molecule has 1 amide bonds. The van der Waals surface area contributed by atoms with Crippen LogP contribution in [0.2, 0.25) is 0 Å². The van der Waals surface area contributed by atoms with E-state index in [-0.39, 0.29) is 17.6 Å². The molecule has 0 unspecified atom stereocenters. The number of fused-ring (bicyclic) bond motifs is 1. The Kier molecular flexibility index (Phi) is 5.21. The summed E-state index contributed by atoms with van der Waals surface area (Å²) >= 11 is 0. The molecule has 4 nitrogen and oxygen atoms in total. The zero-order chi connectivity index (χ0) is 18.7. The first-order chi connectivity index (χ1) is 12.4. The van der Waals surface area contributed by atoms with Crippen LogP contribution in [0.25, 0.3) is 0 Å². The molecule has 0 fully saturated rings. The van der Waals surface area contributed by atoms with E-state index in [1.807, 2.05) is 76.2 Å². The molecule has 0 radical (unpaired) electrons. The van der Waals surface area contributed by atoms with Gasteiger partial charge in [0.2, 0.25) is 0 Å². The number of amides is 1. The maximum Gasteiger partial charge on any atom is 0.261 e. The predicted molar refractivity (Wildman–Crippen MR) is 103 cm³/mol. The van der Waals surface area contributed by atoms with Crippen molar-refractivity contribution >= 4 is 5.91 Å². The first kappa shape index (κ1) is 18.3. The summed E-state index contributed by atoms with van der Waals surface area (Å²) in [7, 11) is 0. The highest BCUT2D eigenvalue weighted by molar-refractivity contribution is 5.81. The van der Waals surface area contributed by atoms with Crippen molar-refractivity contribution in [1.29, 1.82) is 0 Å². The molecule has 0 saturated heterocycles. The van der Waals surface area contributed by atoms with E-state index in [1.165, 1.54) is 0 Å². The molecule has 1 heterocycles. The Morgan fingerprint density at radius 1 is 1.23 bits per heavy atom. The van der Waals surface area contributed by atoms with Gasteiger partial charge in [-0.05, 0) is 45.4 Å². The Labute approximate surface area is 155 Å². The Morgan fingerprint density at radius 3 is 2.62 bits per heavy atom. The molecule has 1 aliphatic rings. The fourth-order valence-corrected chi connectivity index (χ4v) is 3.30. The summed E-state index contributed by atoms with van der Waals surface area (Å²) < 4.78 is 12.0. The van der Waals surface area contributed by atoms with Gasteiger partial charge in [0, 0.05) is 12.0 Å². The number of hydrogen-bond acceptors (Lipinski definition) is 3. The fourth-order valence-electron chi connectivity index (χ4n) is 3.30. The third kappa shape index (κ3) is 4.18. The first-order valence-corrected chi connectivity index (χ1v) is 9.19. The van der Waals surface area contributed by atoms with Gasteiger partial charge >= 0.3 is 0 Å². The van der Waals surface area contributed by atoms with E-state index in [0.29, 0.717) is 12.2 Å². The second kappa shape index (κ2) is 7.40. The van der Waals surface area contributed by atoms with Crippen molar-refractivity contribution in [1.82, 2.24) is 5.32 Å². The van der Waals surface area contributed by atoms with Gasteiger partial charge in [0.1, 0.15) is 17.1 Å². The molecular weight excluding hydrogens is 326 g/mol. The SMILES string of the molecule is CC[C@H](Oc1ccc(C)cc1)C(=O)N[C@H]1CC(C)(C)Oc2ccccc21. The largest absolute Gasteiger partial charge is 0.487 e. The van der Waals surface area contributed by atoms with Crippen LogP contribution >= 0.6 is 0 Å². The van der Waals surface area contributed by atoms with E-state index in [0.717, 1.165) is 23.3 Å². The second-order valence-electron chi connectivity index (χ2n) is 7.49. The van der Waals surface area contributed by atoms with Crippen LogP contribution in [0.15, 0.2) is 48.5 Å². The van der Waals surface area contributed by atoms with E-state index < -0.39 is 6.10 Å². The summed E-state index contributed by atoms with van der Waals surface area (Å²) in [5.74, 6) is 1.46. The molecular formula is C22H27NO3.